The molecule has 2 atom stereocenters. The van der Waals surface area contributed by atoms with Crippen molar-refractivity contribution in [2.45, 2.75) is 33.6 Å². The number of carbonyl (C=O) groups is 1. The van der Waals surface area contributed by atoms with Gasteiger partial charge < -0.3 is 9.90 Å². The van der Waals surface area contributed by atoms with Crippen LogP contribution in [0.3, 0.4) is 0 Å². The monoisotopic (exact) mass is 257 g/mol. The van der Waals surface area contributed by atoms with E-state index in [0.717, 1.165) is 12.0 Å². The number of allylic oxidation sites excluding steroid dienone is 1. The molecule has 1 fully saturated rings. The molecule has 0 saturated heterocycles. The summed E-state index contributed by atoms with van der Waals surface area (Å²) in [6, 6.07) is 10.1. The van der Waals surface area contributed by atoms with E-state index in [-0.39, 0.29) is 11.3 Å². The number of hydrogen-bond acceptors (Lipinski definition) is 2. The normalized spacial score (nSPS) is 29.7. The second-order valence-electron chi connectivity index (χ2n) is 6.26. The highest BCUT2D eigenvalue weighted by Gasteiger charge is 2.51. The largest absolute Gasteiger partial charge is 0.550 e. The molecular weight excluding hydrogens is 236 g/mol. The fourth-order valence-electron chi connectivity index (χ4n) is 3.03. The Morgan fingerprint density at radius 1 is 1.26 bits per heavy atom. The summed E-state index contributed by atoms with van der Waals surface area (Å²) in [4.78, 5) is 11.4. The van der Waals surface area contributed by atoms with Gasteiger partial charge >= 0.3 is 0 Å². The van der Waals surface area contributed by atoms with Crippen molar-refractivity contribution >= 4 is 12.0 Å². The summed E-state index contributed by atoms with van der Waals surface area (Å²) in [6.07, 6.45) is 5.84. The van der Waals surface area contributed by atoms with Crippen molar-refractivity contribution in [1.29, 1.82) is 0 Å². The number of hydrogen-bond donors (Lipinski definition) is 0. The lowest BCUT2D eigenvalue weighted by molar-refractivity contribution is -0.323. The SMILES string of the molecule is CC1(C)[C@H](C=Cc2ccccc2)CC[C@]1(C)C(=O)[O-]. The Morgan fingerprint density at radius 2 is 1.89 bits per heavy atom. The van der Waals surface area contributed by atoms with E-state index in [2.05, 4.69) is 24.3 Å². The summed E-state index contributed by atoms with van der Waals surface area (Å²) in [5.41, 5.74) is 0.135. The summed E-state index contributed by atoms with van der Waals surface area (Å²) in [7, 11) is 0. The van der Waals surface area contributed by atoms with Crippen LogP contribution in [0.1, 0.15) is 39.2 Å². The van der Waals surface area contributed by atoms with Crippen LogP contribution in [0.4, 0.5) is 0 Å². The summed E-state index contributed by atoms with van der Waals surface area (Å²) in [5.74, 6) is -0.649. The number of rotatable bonds is 3. The van der Waals surface area contributed by atoms with Gasteiger partial charge in [0.25, 0.3) is 0 Å². The standard InChI is InChI=1S/C17H22O2/c1-16(2)14(11-12-17(16,3)15(18)19)10-9-13-7-5-4-6-8-13/h4-10,14H,11-12H2,1-3H3,(H,18,19)/p-1/t14-,17-/m1/s1. The minimum Gasteiger partial charge on any atom is -0.550 e. The molecule has 2 rings (SSSR count). The second-order valence-corrected chi connectivity index (χ2v) is 6.26. The van der Waals surface area contributed by atoms with Gasteiger partial charge in [-0.15, -0.1) is 0 Å². The van der Waals surface area contributed by atoms with Gasteiger partial charge in [0.2, 0.25) is 0 Å². The molecule has 1 saturated carbocycles. The zero-order valence-electron chi connectivity index (χ0n) is 11.8. The summed E-state index contributed by atoms with van der Waals surface area (Å²) < 4.78 is 0. The van der Waals surface area contributed by atoms with Gasteiger partial charge in [-0.1, -0.05) is 63.3 Å². The van der Waals surface area contributed by atoms with Gasteiger partial charge in [0.05, 0.1) is 0 Å². The van der Waals surface area contributed by atoms with Crippen molar-refractivity contribution in [2.24, 2.45) is 16.7 Å². The van der Waals surface area contributed by atoms with Crippen LogP contribution in [0.15, 0.2) is 36.4 Å². The molecular formula is C17H21O2-. The predicted molar refractivity (Wildman–Crippen MR) is 75.1 cm³/mol. The van der Waals surface area contributed by atoms with Crippen molar-refractivity contribution < 1.29 is 9.90 Å². The Morgan fingerprint density at radius 3 is 2.42 bits per heavy atom. The summed E-state index contributed by atoms with van der Waals surface area (Å²) >= 11 is 0. The molecule has 0 aromatic heterocycles. The average molecular weight is 257 g/mol. The van der Waals surface area contributed by atoms with Crippen molar-refractivity contribution in [2.75, 3.05) is 0 Å². The lowest BCUT2D eigenvalue weighted by Crippen LogP contribution is -2.47. The average Bonchev–Trinajstić information content (AvgIpc) is 2.61. The van der Waals surface area contributed by atoms with Crippen LogP contribution in [0, 0.1) is 16.7 Å². The Balaban J connectivity index is 2.20. The molecule has 0 unspecified atom stereocenters. The first-order chi connectivity index (χ1) is 8.88. The zero-order valence-corrected chi connectivity index (χ0v) is 11.8. The maximum Gasteiger partial charge on any atom is 0.0479 e. The molecule has 1 aliphatic rings. The molecule has 1 aromatic carbocycles. The highest BCUT2D eigenvalue weighted by molar-refractivity contribution is 5.74. The van der Waals surface area contributed by atoms with Crippen molar-refractivity contribution in [3.05, 3.63) is 42.0 Å². The lowest BCUT2D eigenvalue weighted by Gasteiger charge is -2.41. The van der Waals surface area contributed by atoms with E-state index in [1.165, 1.54) is 0 Å². The predicted octanol–water partition coefficient (Wildman–Crippen LogP) is 2.89. The van der Waals surface area contributed by atoms with Gasteiger partial charge in [0, 0.05) is 11.4 Å². The van der Waals surface area contributed by atoms with Gasteiger partial charge in [0.15, 0.2) is 0 Å². The minimum absolute atomic E-state index is 0.274. The first kappa shape index (κ1) is 13.9. The molecule has 1 aromatic rings. The van der Waals surface area contributed by atoms with Crippen LogP contribution < -0.4 is 5.11 Å². The highest BCUT2D eigenvalue weighted by Crippen LogP contribution is 2.56. The van der Waals surface area contributed by atoms with Crippen molar-refractivity contribution in [3.63, 3.8) is 0 Å². The van der Waals surface area contributed by atoms with Crippen LogP contribution in [-0.2, 0) is 4.79 Å². The van der Waals surface area contributed by atoms with Crippen LogP contribution in [0.5, 0.6) is 0 Å². The zero-order chi connectivity index (χ0) is 14.1. The number of aliphatic carboxylic acids is 1. The molecule has 0 bridgehead atoms. The van der Waals surface area contributed by atoms with E-state index < -0.39 is 11.4 Å². The molecule has 19 heavy (non-hydrogen) atoms. The second kappa shape index (κ2) is 4.84. The number of benzene rings is 1. The topological polar surface area (TPSA) is 40.1 Å². The van der Waals surface area contributed by atoms with E-state index in [1.807, 2.05) is 39.0 Å². The molecule has 1 aliphatic carbocycles. The Bertz CT molecular complexity index is 487. The Kier molecular flexibility index (Phi) is 3.53. The van der Waals surface area contributed by atoms with Gasteiger partial charge in [-0.3, -0.25) is 0 Å². The number of carboxylic acids is 1. The van der Waals surface area contributed by atoms with Gasteiger partial charge in [-0.25, -0.2) is 0 Å². The number of carbonyl (C=O) groups excluding carboxylic acids is 1. The third-order valence-corrected chi connectivity index (χ3v) is 5.08. The van der Waals surface area contributed by atoms with E-state index in [1.54, 1.807) is 0 Å². The molecule has 2 heteroatoms. The molecule has 0 radical (unpaired) electrons. The molecule has 0 spiro atoms. The van der Waals surface area contributed by atoms with Gasteiger partial charge in [-0.2, -0.15) is 0 Å². The van der Waals surface area contributed by atoms with E-state index in [0.29, 0.717) is 6.42 Å². The summed E-state index contributed by atoms with van der Waals surface area (Å²) in [5, 5.41) is 11.4. The maximum atomic E-state index is 11.4. The molecule has 0 amide bonds. The highest BCUT2D eigenvalue weighted by atomic mass is 16.4. The Hall–Kier alpha value is -1.57. The van der Waals surface area contributed by atoms with E-state index in [4.69, 9.17) is 0 Å². The van der Waals surface area contributed by atoms with Crippen molar-refractivity contribution in [3.8, 4) is 0 Å². The molecule has 2 nitrogen and oxygen atoms in total. The van der Waals surface area contributed by atoms with Crippen LogP contribution in [0.2, 0.25) is 0 Å². The molecule has 0 N–H and O–H groups in total. The Labute approximate surface area is 115 Å². The third kappa shape index (κ3) is 2.32. The molecule has 0 aliphatic heterocycles. The first-order valence-corrected chi connectivity index (χ1v) is 6.82. The molecule has 102 valence electrons. The van der Waals surface area contributed by atoms with Crippen LogP contribution in [-0.4, -0.2) is 5.97 Å². The fourth-order valence-corrected chi connectivity index (χ4v) is 3.03. The molecule has 0 heterocycles. The van der Waals surface area contributed by atoms with Gasteiger partial charge in [-0.05, 0) is 29.7 Å². The smallest absolute Gasteiger partial charge is 0.0479 e. The fraction of sp³-hybridized carbons (Fsp3) is 0.471. The van der Waals surface area contributed by atoms with E-state index in [9.17, 15) is 9.90 Å². The maximum absolute atomic E-state index is 11.4. The van der Waals surface area contributed by atoms with Gasteiger partial charge in [0.1, 0.15) is 0 Å². The van der Waals surface area contributed by atoms with Crippen molar-refractivity contribution in [1.82, 2.24) is 0 Å². The quantitative estimate of drug-likeness (QED) is 0.835. The third-order valence-electron chi connectivity index (χ3n) is 5.08. The lowest BCUT2D eigenvalue weighted by atomic mass is 9.65. The van der Waals surface area contributed by atoms with Crippen LogP contribution in [0.25, 0.3) is 6.08 Å². The number of carboxylic acid groups (broad SMARTS) is 1. The summed E-state index contributed by atoms with van der Waals surface area (Å²) in [6.45, 7) is 5.89. The van der Waals surface area contributed by atoms with E-state index >= 15 is 0 Å². The first-order valence-electron chi connectivity index (χ1n) is 6.82. The van der Waals surface area contributed by atoms with Crippen LogP contribution >= 0.6 is 0 Å². The minimum atomic E-state index is -0.923.